The third kappa shape index (κ3) is 3.20. The first kappa shape index (κ1) is 18.1. The number of aromatic nitrogens is 1. The molecule has 0 saturated carbocycles. The van der Waals surface area contributed by atoms with E-state index >= 15 is 0 Å². The Balaban J connectivity index is 1.79. The molecule has 1 atom stereocenters. The number of aliphatic hydroxyl groups excluding tert-OH is 1. The van der Waals surface area contributed by atoms with E-state index in [2.05, 4.69) is 4.98 Å². The number of benzene rings is 1. The number of hydrogen-bond donors (Lipinski definition) is 1. The second-order valence-corrected chi connectivity index (χ2v) is 7.26. The zero-order chi connectivity index (χ0) is 19.7. The maximum atomic E-state index is 13.4. The SMILES string of the molecule is O=C(C1=C(O)C(=O)N(Cc2cccnc2)[C@@H]1c1ccc(F)cc1)c1cccs1. The van der Waals surface area contributed by atoms with Crippen LogP contribution in [0.25, 0.3) is 0 Å². The molecule has 1 aromatic carbocycles. The molecule has 3 heterocycles. The van der Waals surface area contributed by atoms with Crippen LogP contribution >= 0.6 is 11.3 Å². The van der Waals surface area contributed by atoms with Gasteiger partial charge in [0.25, 0.3) is 5.91 Å². The normalized spacial score (nSPS) is 16.7. The first-order valence-electron chi connectivity index (χ1n) is 8.53. The molecule has 1 aliphatic rings. The second kappa shape index (κ2) is 7.36. The third-order valence-electron chi connectivity index (χ3n) is 4.55. The molecule has 2 aromatic heterocycles. The molecule has 0 aliphatic carbocycles. The Morgan fingerprint density at radius 1 is 1.18 bits per heavy atom. The number of ketones is 1. The molecule has 1 amide bonds. The molecule has 140 valence electrons. The fourth-order valence-electron chi connectivity index (χ4n) is 3.27. The second-order valence-electron chi connectivity index (χ2n) is 6.32. The van der Waals surface area contributed by atoms with E-state index in [0.717, 1.165) is 5.56 Å². The number of rotatable bonds is 5. The van der Waals surface area contributed by atoms with Crippen molar-refractivity contribution in [3.8, 4) is 0 Å². The predicted molar refractivity (Wildman–Crippen MR) is 102 cm³/mol. The Kier molecular flexibility index (Phi) is 4.75. The van der Waals surface area contributed by atoms with Crippen molar-refractivity contribution in [1.82, 2.24) is 9.88 Å². The molecular formula is C21H15FN2O3S. The fourth-order valence-corrected chi connectivity index (χ4v) is 3.95. The van der Waals surface area contributed by atoms with Gasteiger partial charge in [0.1, 0.15) is 5.82 Å². The number of halogens is 1. The van der Waals surface area contributed by atoms with Crippen molar-refractivity contribution >= 4 is 23.0 Å². The van der Waals surface area contributed by atoms with Gasteiger partial charge in [-0.15, -0.1) is 11.3 Å². The van der Waals surface area contributed by atoms with Crippen molar-refractivity contribution in [2.75, 3.05) is 0 Å². The molecular weight excluding hydrogens is 379 g/mol. The summed E-state index contributed by atoms with van der Waals surface area (Å²) >= 11 is 1.23. The predicted octanol–water partition coefficient (Wildman–Crippen LogP) is 4.06. The maximum absolute atomic E-state index is 13.4. The molecule has 0 spiro atoms. The number of aliphatic hydroxyl groups is 1. The third-order valence-corrected chi connectivity index (χ3v) is 5.42. The molecule has 3 aromatic rings. The van der Waals surface area contributed by atoms with E-state index in [0.29, 0.717) is 10.4 Å². The van der Waals surface area contributed by atoms with Gasteiger partial charge in [0.15, 0.2) is 5.76 Å². The standard InChI is InChI=1S/C21H15FN2O3S/c22-15-7-5-14(6-8-15)18-17(19(25)16-4-2-10-28-16)20(26)21(27)24(18)12-13-3-1-9-23-11-13/h1-11,18,26H,12H2/t18-/m1/s1. The van der Waals surface area contributed by atoms with Crippen LogP contribution in [0, 0.1) is 5.82 Å². The van der Waals surface area contributed by atoms with Crippen molar-refractivity contribution in [2.24, 2.45) is 0 Å². The van der Waals surface area contributed by atoms with E-state index in [9.17, 15) is 19.1 Å². The molecule has 0 fully saturated rings. The number of Topliss-reactive ketones (excluding diaryl/α,β-unsaturated/α-hetero) is 1. The molecule has 0 bridgehead atoms. The first-order chi connectivity index (χ1) is 13.6. The number of carbonyl (C=O) groups is 2. The highest BCUT2D eigenvalue weighted by molar-refractivity contribution is 7.12. The number of pyridine rings is 1. The number of amides is 1. The lowest BCUT2D eigenvalue weighted by Crippen LogP contribution is -2.30. The zero-order valence-corrected chi connectivity index (χ0v) is 15.4. The van der Waals surface area contributed by atoms with Gasteiger partial charge in [-0.05, 0) is 40.8 Å². The first-order valence-corrected chi connectivity index (χ1v) is 9.41. The van der Waals surface area contributed by atoms with Crippen LogP contribution in [-0.4, -0.2) is 26.7 Å². The summed E-state index contributed by atoms with van der Waals surface area (Å²) in [6.45, 7) is 0.153. The van der Waals surface area contributed by atoms with E-state index in [1.54, 1.807) is 42.0 Å². The van der Waals surface area contributed by atoms with Crippen LogP contribution in [0.4, 0.5) is 4.39 Å². The smallest absolute Gasteiger partial charge is 0.290 e. The van der Waals surface area contributed by atoms with Gasteiger partial charge in [-0.2, -0.15) is 0 Å². The monoisotopic (exact) mass is 394 g/mol. The number of nitrogens with zero attached hydrogens (tertiary/aromatic N) is 2. The molecule has 28 heavy (non-hydrogen) atoms. The van der Waals surface area contributed by atoms with Crippen molar-refractivity contribution in [3.63, 3.8) is 0 Å². The Morgan fingerprint density at radius 2 is 1.96 bits per heavy atom. The van der Waals surface area contributed by atoms with E-state index in [4.69, 9.17) is 0 Å². The van der Waals surface area contributed by atoms with Crippen molar-refractivity contribution in [3.05, 3.63) is 99.5 Å². The van der Waals surface area contributed by atoms with Gasteiger partial charge < -0.3 is 10.0 Å². The highest BCUT2D eigenvalue weighted by Crippen LogP contribution is 2.40. The van der Waals surface area contributed by atoms with Gasteiger partial charge in [-0.25, -0.2) is 4.39 Å². The molecule has 4 rings (SSSR count). The summed E-state index contributed by atoms with van der Waals surface area (Å²) in [5.74, 6) is -2.05. The number of carbonyl (C=O) groups excluding carboxylic acids is 2. The van der Waals surface area contributed by atoms with Crippen LogP contribution in [0.5, 0.6) is 0 Å². The quantitative estimate of drug-likeness (QED) is 0.663. The maximum Gasteiger partial charge on any atom is 0.290 e. The minimum Gasteiger partial charge on any atom is -0.503 e. The van der Waals surface area contributed by atoms with Gasteiger partial charge in [-0.3, -0.25) is 14.6 Å². The van der Waals surface area contributed by atoms with Crippen molar-refractivity contribution in [2.45, 2.75) is 12.6 Å². The van der Waals surface area contributed by atoms with Crippen LogP contribution in [0.15, 0.2) is 77.6 Å². The van der Waals surface area contributed by atoms with Gasteiger partial charge in [0.05, 0.1) is 16.5 Å². The minimum atomic E-state index is -0.817. The molecule has 1 aliphatic heterocycles. The van der Waals surface area contributed by atoms with Gasteiger partial charge in [-0.1, -0.05) is 24.3 Å². The summed E-state index contributed by atoms with van der Waals surface area (Å²) < 4.78 is 13.4. The fraction of sp³-hybridized carbons (Fsp3) is 0.0952. The van der Waals surface area contributed by atoms with E-state index in [1.807, 2.05) is 0 Å². The lowest BCUT2D eigenvalue weighted by atomic mass is 9.95. The molecule has 1 N–H and O–H groups in total. The Morgan fingerprint density at radius 3 is 2.61 bits per heavy atom. The molecule has 5 nitrogen and oxygen atoms in total. The largest absolute Gasteiger partial charge is 0.503 e. The van der Waals surface area contributed by atoms with Gasteiger partial charge in [0, 0.05) is 18.9 Å². The van der Waals surface area contributed by atoms with E-state index in [1.165, 1.54) is 40.5 Å². The average molecular weight is 394 g/mol. The van der Waals surface area contributed by atoms with E-state index in [-0.39, 0.29) is 12.1 Å². The Labute approximate surface area is 164 Å². The lowest BCUT2D eigenvalue weighted by Gasteiger charge is -2.26. The summed E-state index contributed by atoms with van der Waals surface area (Å²) in [6, 6.07) is 11.7. The Bertz CT molecular complexity index is 1050. The molecule has 0 radical (unpaired) electrons. The van der Waals surface area contributed by atoms with Crippen LogP contribution in [0.1, 0.15) is 26.8 Å². The number of thiophene rings is 1. The summed E-state index contributed by atoms with van der Waals surface area (Å²) in [7, 11) is 0. The topological polar surface area (TPSA) is 70.5 Å². The highest BCUT2D eigenvalue weighted by atomic mass is 32.1. The average Bonchev–Trinajstić information content (AvgIpc) is 3.33. The molecule has 0 saturated heterocycles. The number of hydrogen-bond acceptors (Lipinski definition) is 5. The van der Waals surface area contributed by atoms with Crippen LogP contribution in [0.2, 0.25) is 0 Å². The van der Waals surface area contributed by atoms with Gasteiger partial charge in [0.2, 0.25) is 5.78 Å². The van der Waals surface area contributed by atoms with Crippen LogP contribution in [0.3, 0.4) is 0 Å². The summed E-state index contributed by atoms with van der Waals surface area (Å²) in [6.07, 6.45) is 3.24. The minimum absolute atomic E-state index is 0.00273. The van der Waals surface area contributed by atoms with E-state index < -0.39 is 29.3 Å². The summed E-state index contributed by atoms with van der Waals surface area (Å²) in [4.78, 5) is 31.7. The van der Waals surface area contributed by atoms with Crippen molar-refractivity contribution in [1.29, 1.82) is 0 Å². The molecule has 7 heteroatoms. The van der Waals surface area contributed by atoms with Crippen molar-refractivity contribution < 1.29 is 19.1 Å². The molecule has 0 unspecified atom stereocenters. The highest BCUT2D eigenvalue weighted by Gasteiger charge is 2.43. The van der Waals surface area contributed by atoms with Crippen LogP contribution < -0.4 is 0 Å². The summed E-state index contributed by atoms with van der Waals surface area (Å²) in [5, 5.41) is 12.3. The van der Waals surface area contributed by atoms with Crippen LogP contribution in [-0.2, 0) is 11.3 Å². The van der Waals surface area contributed by atoms with Gasteiger partial charge >= 0.3 is 0 Å². The Hall–Kier alpha value is -3.32. The zero-order valence-electron chi connectivity index (χ0n) is 14.6. The summed E-state index contributed by atoms with van der Waals surface area (Å²) in [5.41, 5.74) is 1.30. The lowest BCUT2D eigenvalue weighted by molar-refractivity contribution is -0.130.